The quantitative estimate of drug-likeness (QED) is 0.633. The predicted molar refractivity (Wildman–Crippen MR) is 73.8 cm³/mol. The molecule has 0 aliphatic rings. The maximum atomic E-state index is 12.5. The van der Waals surface area contributed by atoms with Crippen LogP contribution in [-0.4, -0.2) is 30.1 Å². The van der Waals surface area contributed by atoms with Crippen LogP contribution < -0.4 is 5.32 Å². The van der Waals surface area contributed by atoms with Crippen molar-refractivity contribution in [3.8, 4) is 12.3 Å². The molecule has 0 aliphatic carbocycles. The first kappa shape index (κ1) is 18.5. The van der Waals surface area contributed by atoms with Crippen molar-refractivity contribution in [1.29, 1.82) is 0 Å². The Labute approximate surface area is 130 Å². The van der Waals surface area contributed by atoms with E-state index in [1.807, 2.05) is 0 Å². The second kappa shape index (κ2) is 7.65. The number of hydrogen-bond acceptors (Lipinski definition) is 4. The molecule has 0 fully saturated rings. The van der Waals surface area contributed by atoms with Crippen molar-refractivity contribution in [2.24, 2.45) is 0 Å². The number of nitrogens with one attached hydrogen (secondary N) is 1. The van der Waals surface area contributed by atoms with Crippen LogP contribution in [0, 0.1) is 12.3 Å². The average Bonchev–Trinajstić information content (AvgIpc) is 2.52. The highest BCUT2D eigenvalue weighted by atomic mass is 19.4. The van der Waals surface area contributed by atoms with Crippen molar-refractivity contribution in [2.45, 2.75) is 24.7 Å². The van der Waals surface area contributed by atoms with Gasteiger partial charge in [-0.25, -0.2) is 4.79 Å². The van der Waals surface area contributed by atoms with Gasteiger partial charge in [-0.15, -0.1) is 12.3 Å². The number of aliphatic hydroxyl groups is 1. The molecule has 0 aliphatic heterocycles. The molecule has 0 saturated heterocycles. The highest BCUT2D eigenvalue weighted by Gasteiger charge is 2.31. The zero-order valence-electron chi connectivity index (χ0n) is 12.1. The summed E-state index contributed by atoms with van der Waals surface area (Å²) in [5.74, 6) is 0.397. The molecule has 1 aromatic carbocycles. The number of ether oxygens (including phenoxy) is 1. The molecule has 0 radical (unpaired) electrons. The number of rotatable bonds is 5. The number of esters is 1. The van der Waals surface area contributed by atoms with Gasteiger partial charge in [-0.2, -0.15) is 13.2 Å². The van der Waals surface area contributed by atoms with Gasteiger partial charge in [-0.1, -0.05) is 12.1 Å². The van der Waals surface area contributed by atoms with Crippen LogP contribution in [-0.2, 0) is 20.5 Å². The first-order valence-electron chi connectivity index (χ1n) is 6.37. The number of carbonyl (C=O) groups is 2. The third kappa shape index (κ3) is 5.00. The minimum atomic E-state index is -4.52. The fourth-order valence-electron chi connectivity index (χ4n) is 1.71. The normalized spacial score (nSPS) is 13.6. The Bertz CT molecular complexity index is 605. The number of methoxy groups -OCH3 is 1. The van der Waals surface area contributed by atoms with Gasteiger partial charge in [0.25, 0.3) is 5.91 Å². The summed E-state index contributed by atoms with van der Waals surface area (Å²) in [7, 11) is 1.10. The van der Waals surface area contributed by atoms with Crippen molar-refractivity contribution in [3.63, 3.8) is 0 Å². The SMILES string of the molecule is C#CC[C@@H](NC(=O)[C@@H](O)c1ccc(C(F)(F)F)cc1)C(=O)OC. The lowest BCUT2D eigenvalue weighted by Gasteiger charge is -2.17. The van der Waals surface area contributed by atoms with Gasteiger partial charge in [0.15, 0.2) is 6.10 Å². The highest BCUT2D eigenvalue weighted by molar-refractivity contribution is 5.87. The van der Waals surface area contributed by atoms with Crippen LogP contribution >= 0.6 is 0 Å². The van der Waals surface area contributed by atoms with Crippen molar-refractivity contribution < 1.29 is 32.6 Å². The van der Waals surface area contributed by atoms with Crippen molar-refractivity contribution >= 4 is 11.9 Å². The van der Waals surface area contributed by atoms with Gasteiger partial charge in [-0.3, -0.25) is 4.79 Å². The van der Waals surface area contributed by atoms with Gasteiger partial charge in [0.05, 0.1) is 12.7 Å². The molecule has 124 valence electrons. The summed E-state index contributed by atoms with van der Waals surface area (Å²) < 4.78 is 41.8. The fourth-order valence-corrected chi connectivity index (χ4v) is 1.71. The minimum absolute atomic E-state index is 0.0557. The molecule has 0 heterocycles. The molecule has 0 unspecified atom stereocenters. The minimum Gasteiger partial charge on any atom is -0.467 e. The summed E-state index contributed by atoms with van der Waals surface area (Å²) >= 11 is 0. The van der Waals surface area contributed by atoms with E-state index in [4.69, 9.17) is 6.42 Å². The summed E-state index contributed by atoms with van der Waals surface area (Å²) in [6, 6.07) is 2.28. The molecular formula is C15H14F3NO4. The van der Waals surface area contributed by atoms with Crippen molar-refractivity contribution in [1.82, 2.24) is 5.32 Å². The van der Waals surface area contributed by atoms with E-state index in [1.54, 1.807) is 0 Å². The molecule has 0 bridgehead atoms. The summed E-state index contributed by atoms with van der Waals surface area (Å²) in [5.41, 5.74) is -0.964. The lowest BCUT2D eigenvalue weighted by atomic mass is 10.1. The number of halogens is 3. The highest BCUT2D eigenvalue weighted by Crippen LogP contribution is 2.29. The number of alkyl halides is 3. The second-order valence-electron chi connectivity index (χ2n) is 4.51. The van der Waals surface area contributed by atoms with Gasteiger partial charge in [0, 0.05) is 6.42 Å². The number of amides is 1. The van der Waals surface area contributed by atoms with Crippen LogP contribution in [0.2, 0.25) is 0 Å². The Morgan fingerprint density at radius 1 is 1.35 bits per heavy atom. The molecule has 2 atom stereocenters. The molecule has 8 heteroatoms. The number of benzene rings is 1. The van der Waals surface area contributed by atoms with Crippen LogP contribution in [0.4, 0.5) is 13.2 Å². The van der Waals surface area contributed by atoms with Crippen LogP contribution in [0.1, 0.15) is 23.7 Å². The standard InChI is InChI=1S/C15H14F3NO4/c1-3-4-11(14(22)23-2)19-13(21)12(20)9-5-7-10(8-6-9)15(16,17)18/h1,5-8,11-12,20H,4H2,2H3,(H,19,21)/t11-,12+/m1/s1. The Morgan fingerprint density at radius 3 is 2.35 bits per heavy atom. The third-order valence-corrected chi connectivity index (χ3v) is 2.93. The monoisotopic (exact) mass is 329 g/mol. The van der Waals surface area contributed by atoms with Gasteiger partial charge in [0.2, 0.25) is 0 Å². The molecule has 0 spiro atoms. The van der Waals surface area contributed by atoms with E-state index in [1.165, 1.54) is 0 Å². The Hall–Kier alpha value is -2.53. The zero-order chi connectivity index (χ0) is 17.6. The number of hydrogen-bond donors (Lipinski definition) is 2. The molecule has 1 rings (SSSR count). The summed E-state index contributed by atoms with van der Waals surface area (Å²) in [4.78, 5) is 23.3. The predicted octanol–water partition coefficient (Wildman–Crippen LogP) is 1.42. The van der Waals surface area contributed by atoms with Gasteiger partial charge in [-0.05, 0) is 17.7 Å². The molecule has 0 aromatic heterocycles. The largest absolute Gasteiger partial charge is 0.467 e. The smallest absolute Gasteiger partial charge is 0.416 e. The van der Waals surface area contributed by atoms with E-state index in [9.17, 15) is 27.9 Å². The Balaban J connectivity index is 2.83. The third-order valence-electron chi connectivity index (χ3n) is 2.93. The summed E-state index contributed by atoms with van der Waals surface area (Å²) in [6.07, 6.45) is -1.36. The zero-order valence-corrected chi connectivity index (χ0v) is 12.1. The lowest BCUT2D eigenvalue weighted by Crippen LogP contribution is -2.43. The van der Waals surface area contributed by atoms with Gasteiger partial charge < -0.3 is 15.2 Å². The van der Waals surface area contributed by atoms with Crippen LogP contribution in [0.5, 0.6) is 0 Å². The van der Waals surface area contributed by atoms with E-state index in [-0.39, 0.29) is 12.0 Å². The molecule has 1 aromatic rings. The fraction of sp³-hybridized carbons (Fsp3) is 0.333. The van der Waals surface area contributed by atoms with Gasteiger partial charge in [0.1, 0.15) is 6.04 Å². The Kier molecular flexibility index (Phi) is 6.16. The second-order valence-corrected chi connectivity index (χ2v) is 4.51. The topological polar surface area (TPSA) is 75.6 Å². The van der Waals surface area contributed by atoms with Crippen molar-refractivity contribution in [2.75, 3.05) is 7.11 Å². The molecule has 1 amide bonds. The average molecular weight is 329 g/mol. The molecule has 2 N–H and O–H groups in total. The number of carbonyl (C=O) groups excluding carboxylic acids is 2. The summed E-state index contributed by atoms with van der Waals surface area (Å²) in [5, 5.41) is 12.0. The van der Waals surface area contributed by atoms with Gasteiger partial charge >= 0.3 is 12.1 Å². The van der Waals surface area contributed by atoms with Crippen LogP contribution in [0.3, 0.4) is 0 Å². The molecule has 5 nitrogen and oxygen atoms in total. The summed E-state index contributed by atoms with van der Waals surface area (Å²) in [6.45, 7) is 0. The molecule has 23 heavy (non-hydrogen) atoms. The van der Waals surface area contributed by atoms with Crippen LogP contribution in [0.15, 0.2) is 24.3 Å². The van der Waals surface area contributed by atoms with E-state index in [2.05, 4.69) is 16.0 Å². The van der Waals surface area contributed by atoms with E-state index in [0.29, 0.717) is 0 Å². The first-order valence-corrected chi connectivity index (χ1v) is 6.37. The maximum Gasteiger partial charge on any atom is 0.416 e. The Morgan fingerprint density at radius 2 is 1.91 bits per heavy atom. The number of terminal acetylenes is 1. The molecular weight excluding hydrogens is 315 g/mol. The number of aliphatic hydroxyl groups excluding tert-OH is 1. The first-order chi connectivity index (χ1) is 10.7. The van der Waals surface area contributed by atoms with E-state index < -0.39 is 35.8 Å². The van der Waals surface area contributed by atoms with E-state index in [0.717, 1.165) is 31.4 Å². The lowest BCUT2D eigenvalue weighted by molar-refractivity contribution is -0.146. The maximum absolute atomic E-state index is 12.5. The van der Waals surface area contributed by atoms with Crippen LogP contribution in [0.25, 0.3) is 0 Å². The van der Waals surface area contributed by atoms with Crippen molar-refractivity contribution in [3.05, 3.63) is 35.4 Å². The van der Waals surface area contributed by atoms with E-state index >= 15 is 0 Å². The molecule has 0 saturated carbocycles.